The molecule has 16 heavy (non-hydrogen) atoms. The molecule has 2 unspecified atom stereocenters. The first-order chi connectivity index (χ1) is 7.74. The van der Waals surface area contributed by atoms with Crippen LogP contribution in [0.15, 0.2) is 18.5 Å². The Morgan fingerprint density at radius 1 is 1.44 bits per heavy atom. The van der Waals surface area contributed by atoms with Crippen molar-refractivity contribution in [3.8, 4) is 0 Å². The van der Waals surface area contributed by atoms with Crippen LogP contribution in [0.1, 0.15) is 25.7 Å². The van der Waals surface area contributed by atoms with Crippen LogP contribution in [0.25, 0.3) is 0 Å². The summed E-state index contributed by atoms with van der Waals surface area (Å²) < 4.78 is 0. The van der Waals surface area contributed by atoms with E-state index in [1.165, 1.54) is 6.42 Å². The number of nitrogens with one attached hydrogen (secondary N) is 1. The lowest BCUT2D eigenvalue weighted by Gasteiger charge is -2.26. The lowest BCUT2D eigenvalue weighted by atomic mass is 9.87. The molecule has 2 atom stereocenters. The molecule has 4 N–H and O–H groups in total. The van der Waals surface area contributed by atoms with Gasteiger partial charge < -0.3 is 16.2 Å². The Kier molecular flexibility index (Phi) is 3.62. The van der Waals surface area contributed by atoms with Crippen molar-refractivity contribution < 1.29 is 5.11 Å². The average Bonchev–Trinajstić information content (AvgIpc) is 2.27. The Hall–Kier alpha value is -1.29. The molecule has 0 saturated heterocycles. The topological polar surface area (TPSA) is 71.2 Å². The minimum absolute atomic E-state index is 0.112. The number of nitrogens with zero attached hydrogens (tertiary/aromatic N) is 1. The Morgan fingerprint density at radius 2 is 2.31 bits per heavy atom. The van der Waals surface area contributed by atoms with Crippen molar-refractivity contribution in [2.75, 3.05) is 17.6 Å². The normalized spacial score (nSPS) is 25.3. The van der Waals surface area contributed by atoms with Crippen LogP contribution in [-0.4, -0.2) is 22.7 Å². The number of nitrogen functional groups attached to an aromatic ring is 1. The third-order valence-corrected chi connectivity index (χ3v) is 3.11. The number of rotatable bonds is 3. The zero-order valence-corrected chi connectivity index (χ0v) is 9.39. The summed E-state index contributed by atoms with van der Waals surface area (Å²) in [5.74, 6) is 0.560. The van der Waals surface area contributed by atoms with Gasteiger partial charge in [-0.05, 0) is 31.2 Å². The average molecular weight is 221 g/mol. The van der Waals surface area contributed by atoms with E-state index in [0.29, 0.717) is 11.6 Å². The quantitative estimate of drug-likeness (QED) is 0.725. The number of nitrogens with two attached hydrogens (primary N) is 1. The molecule has 4 nitrogen and oxygen atoms in total. The predicted molar refractivity (Wildman–Crippen MR) is 65.1 cm³/mol. The number of pyridine rings is 1. The van der Waals surface area contributed by atoms with Crippen LogP contribution < -0.4 is 11.1 Å². The summed E-state index contributed by atoms with van der Waals surface area (Å²) in [6.07, 6.45) is 7.48. The molecule has 0 radical (unpaired) electrons. The van der Waals surface area contributed by atoms with Gasteiger partial charge in [0.1, 0.15) is 0 Å². The summed E-state index contributed by atoms with van der Waals surface area (Å²) in [5.41, 5.74) is 7.28. The van der Waals surface area contributed by atoms with E-state index in [4.69, 9.17) is 5.73 Å². The van der Waals surface area contributed by atoms with Gasteiger partial charge in [-0.15, -0.1) is 0 Å². The van der Waals surface area contributed by atoms with Crippen molar-refractivity contribution in [1.29, 1.82) is 0 Å². The van der Waals surface area contributed by atoms with Gasteiger partial charge in [-0.2, -0.15) is 0 Å². The Bertz CT molecular complexity index is 343. The van der Waals surface area contributed by atoms with Gasteiger partial charge in [0.15, 0.2) is 0 Å². The van der Waals surface area contributed by atoms with Crippen LogP contribution in [0.5, 0.6) is 0 Å². The Balaban J connectivity index is 1.82. The number of hydrogen-bond acceptors (Lipinski definition) is 4. The van der Waals surface area contributed by atoms with Gasteiger partial charge >= 0.3 is 0 Å². The van der Waals surface area contributed by atoms with Crippen molar-refractivity contribution in [3.63, 3.8) is 0 Å². The van der Waals surface area contributed by atoms with E-state index in [1.54, 1.807) is 12.4 Å². The lowest BCUT2D eigenvalue weighted by Crippen LogP contribution is -2.25. The van der Waals surface area contributed by atoms with Gasteiger partial charge in [0.2, 0.25) is 0 Å². The van der Waals surface area contributed by atoms with Crippen molar-refractivity contribution in [1.82, 2.24) is 4.98 Å². The zero-order chi connectivity index (χ0) is 11.4. The van der Waals surface area contributed by atoms with E-state index in [-0.39, 0.29) is 6.10 Å². The van der Waals surface area contributed by atoms with Gasteiger partial charge in [-0.3, -0.25) is 4.98 Å². The van der Waals surface area contributed by atoms with E-state index in [2.05, 4.69) is 10.3 Å². The monoisotopic (exact) mass is 221 g/mol. The molecule has 0 amide bonds. The molecule has 1 fully saturated rings. The summed E-state index contributed by atoms with van der Waals surface area (Å²) in [7, 11) is 0. The number of hydrogen-bond donors (Lipinski definition) is 3. The van der Waals surface area contributed by atoms with Gasteiger partial charge in [0, 0.05) is 12.7 Å². The number of aliphatic hydroxyl groups is 1. The molecule has 1 aliphatic rings. The van der Waals surface area contributed by atoms with Crippen LogP contribution in [0.4, 0.5) is 11.4 Å². The van der Waals surface area contributed by atoms with E-state index < -0.39 is 0 Å². The van der Waals surface area contributed by atoms with Crippen LogP contribution >= 0.6 is 0 Å². The van der Waals surface area contributed by atoms with E-state index in [9.17, 15) is 5.11 Å². The molecule has 1 heterocycles. The van der Waals surface area contributed by atoms with Crippen LogP contribution in [-0.2, 0) is 0 Å². The molecular formula is C12H19N3O. The number of aromatic nitrogens is 1. The first kappa shape index (κ1) is 11.2. The smallest absolute Gasteiger partial charge is 0.0547 e. The third kappa shape index (κ3) is 3.10. The maximum Gasteiger partial charge on any atom is 0.0547 e. The summed E-state index contributed by atoms with van der Waals surface area (Å²) in [4.78, 5) is 4.03. The van der Waals surface area contributed by atoms with Gasteiger partial charge in [0.05, 0.1) is 23.7 Å². The van der Waals surface area contributed by atoms with Gasteiger partial charge in [0.25, 0.3) is 0 Å². The fraction of sp³-hybridized carbons (Fsp3) is 0.583. The molecule has 0 aromatic carbocycles. The fourth-order valence-electron chi connectivity index (χ4n) is 2.26. The molecule has 1 saturated carbocycles. The Labute approximate surface area is 95.9 Å². The first-order valence-electron chi connectivity index (χ1n) is 5.86. The SMILES string of the molecule is Nc1cncc(NCC2CCCC(O)C2)c1. The van der Waals surface area contributed by atoms with E-state index in [1.807, 2.05) is 6.07 Å². The molecular weight excluding hydrogens is 202 g/mol. The summed E-state index contributed by atoms with van der Waals surface area (Å²) in [5, 5.41) is 12.9. The highest BCUT2D eigenvalue weighted by atomic mass is 16.3. The third-order valence-electron chi connectivity index (χ3n) is 3.11. The Morgan fingerprint density at radius 3 is 3.06 bits per heavy atom. The standard InChI is InChI=1S/C12H19N3O/c13-10-5-11(8-14-7-10)15-6-9-2-1-3-12(16)4-9/h5,7-9,12,15-16H,1-4,6,13H2. The second-order valence-electron chi connectivity index (χ2n) is 4.57. The van der Waals surface area contributed by atoms with E-state index >= 15 is 0 Å². The molecule has 0 bridgehead atoms. The molecule has 0 aliphatic heterocycles. The highest BCUT2D eigenvalue weighted by Crippen LogP contribution is 2.24. The summed E-state index contributed by atoms with van der Waals surface area (Å²) in [6, 6.07) is 1.88. The van der Waals surface area contributed by atoms with Gasteiger partial charge in [-0.1, -0.05) is 6.42 Å². The minimum Gasteiger partial charge on any atom is -0.397 e. The first-order valence-corrected chi connectivity index (χ1v) is 5.86. The van der Waals surface area contributed by atoms with Crippen molar-refractivity contribution in [2.45, 2.75) is 31.8 Å². The minimum atomic E-state index is -0.112. The highest BCUT2D eigenvalue weighted by molar-refractivity contribution is 5.51. The number of aliphatic hydroxyl groups excluding tert-OH is 1. The molecule has 1 aromatic rings. The second-order valence-corrected chi connectivity index (χ2v) is 4.57. The predicted octanol–water partition coefficient (Wildman–Crippen LogP) is 1.63. The van der Waals surface area contributed by atoms with Gasteiger partial charge in [-0.25, -0.2) is 0 Å². The van der Waals surface area contributed by atoms with Crippen molar-refractivity contribution >= 4 is 11.4 Å². The summed E-state index contributed by atoms with van der Waals surface area (Å²) >= 11 is 0. The molecule has 1 aliphatic carbocycles. The summed E-state index contributed by atoms with van der Waals surface area (Å²) in [6.45, 7) is 0.891. The van der Waals surface area contributed by atoms with E-state index in [0.717, 1.165) is 31.5 Å². The van der Waals surface area contributed by atoms with Crippen LogP contribution in [0.2, 0.25) is 0 Å². The highest BCUT2D eigenvalue weighted by Gasteiger charge is 2.19. The van der Waals surface area contributed by atoms with Crippen LogP contribution in [0.3, 0.4) is 0 Å². The molecule has 0 spiro atoms. The zero-order valence-electron chi connectivity index (χ0n) is 9.39. The van der Waals surface area contributed by atoms with Crippen LogP contribution in [0, 0.1) is 5.92 Å². The largest absolute Gasteiger partial charge is 0.397 e. The van der Waals surface area contributed by atoms with Crippen molar-refractivity contribution in [3.05, 3.63) is 18.5 Å². The maximum absolute atomic E-state index is 9.56. The molecule has 1 aromatic heterocycles. The second kappa shape index (κ2) is 5.16. The lowest BCUT2D eigenvalue weighted by molar-refractivity contribution is 0.105. The molecule has 4 heteroatoms. The number of anilines is 2. The molecule has 2 rings (SSSR count). The maximum atomic E-state index is 9.56. The van der Waals surface area contributed by atoms with Crippen molar-refractivity contribution in [2.24, 2.45) is 5.92 Å². The molecule has 88 valence electrons. The fourth-order valence-corrected chi connectivity index (χ4v) is 2.26.